The van der Waals surface area contributed by atoms with Gasteiger partial charge in [-0.2, -0.15) is 0 Å². The number of nitrogens with one attached hydrogen (secondary N) is 1. The lowest BCUT2D eigenvalue weighted by atomic mass is 9.78. The number of amides is 1. The van der Waals surface area contributed by atoms with Crippen molar-refractivity contribution in [3.63, 3.8) is 0 Å². The molecule has 1 amide bonds. The number of methoxy groups -OCH3 is 1. The Morgan fingerprint density at radius 2 is 2.25 bits per heavy atom. The summed E-state index contributed by atoms with van der Waals surface area (Å²) < 4.78 is 5.19. The van der Waals surface area contributed by atoms with Gasteiger partial charge in [0, 0.05) is 11.1 Å². The molecular formula is C16H19NO3. The third-order valence-corrected chi connectivity index (χ3v) is 3.64. The van der Waals surface area contributed by atoms with Gasteiger partial charge in [0.1, 0.15) is 12.4 Å². The van der Waals surface area contributed by atoms with Crippen molar-refractivity contribution in [1.82, 2.24) is 5.32 Å². The number of hydrogen-bond donors (Lipinski definition) is 2. The van der Waals surface area contributed by atoms with E-state index in [9.17, 15) is 4.79 Å². The summed E-state index contributed by atoms with van der Waals surface area (Å²) in [6, 6.07) is 5.14. The largest absolute Gasteiger partial charge is 0.495 e. The van der Waals surface area contributed by atoms with Gasteiger partial charge in [-0.25, -0.2) is 0 Å². The van der Waals surface area contributed by atoms with E-state index in [-0.39, 0.29) is 18.1 Å². The molecule has 1 aliphatic rings. The van der Waals surface area contributed by atoms with Crippen LogP contribution in [0.15, 0.2) is 18.2 Å². The average Bonchev–Trinajstić information content (AvgIpc) is 2.42. The number of benzene rings is 1. The molecule has 106 valence electrons. The van der Waals surface area contributed by atoms with E-state index < -0.39 is 0 Å². The van der Waals surface area contributed by atoms with E-state index in [1.165, 1.54) is 0 Å². The molecule has 0 radical (unpaired) electrons. The molecule has 0 spiro atoms. The zero-order valence-corrected chi connectivity index (χ0v) is 11.8. The Labute approximate surface area is 119 Å². The lowest BCUT2D eigenvalue weighted by molar-refractivity contribution is 0.0850. The molecule has 0 heterocycles. The van der Waals surface area contributed by atoms with E-state index in [1.54, 1.807) is 25.3 Å². The molecule has 1 saturated carbocycles. The van der Waals surface area contributed by atoms with E-state index in [4.69, 9.17) is 9.84 Å². The van der Waals surface area contributed by atoms with E-state index in [0.717, 1.165) is 19.3 Å². The third kappa shape index (κ3) is 3.12. The van der Waals surface area contributed by atoms with Crippen molar-refractivity contribution in [2.75, 3.05) is 13.7 Å². The highest BCUT2D eigenvalue weighted by molar-refractivity contribution is 5.95. The summed E-state index contributed by atoms with van der Waals surface area (Å²) >= 11 is 0. The van der Waals surface area contributed by atoms with Gasteiger partial charge < -0.3 is 15.2 Å². The molecule has 4 heteroatoms. The van der Waals surface area contributed by atoms with Gasteiger partial charge in [-0.15, -0.1) is 0 Å². The molecule has 4 nitrogen and oxygen atoms in total. The number of aliphatic hydroxyl groups is 1. The maximum absolute atomic E-state index is 12.2. The van der Waals surface area contributed by atoms with Crippen molar-refractivity contribution in [2.24, 2.45) is 0 Å². The molecule has 1 aliphatic carbocycles. The van der Waals surface area contributed by atoms with Gasteiger partial charge in [0.15, 0.2) is 0 Å². The van der Waals surface area contributed by atoms with Crippen molar-refractivity contribution in [2.45, 2.75) is 31.7 Å². The minimum atomic E-state index is -0.225. The smallest absolute Gasteiger partial charge is 0.251 e. The molecule has 0 atom stereocenters. The molecule has 1 fully saturated rings. The van der Waals surface area contributed by atoms with Crippen LogP contribution in [0, 0.1) is 11.8 Å². The van der Waals surface area contributed by atoms with Crippen LogP contribution in [-0.4, -0.2) is 30.3 Å². The fourth-order valence-electron chi connectivity index (χ4n) is 2.26. The SMILES string of the molecule is COc1ccc(C(=O)NC2(C)CCC2)cc1C#CCO. The molecule has 0 saturated heterocycles. The second-order valence-electron chi connectivity index (χ2n) is 5.24. The first-order valence-corrected chi connectivity index (χ1v) is 6.68. The summed E-state index contributed by atoms with van der Waals surface area (Å²) in [6.07, 6.45) is 3.20. The van der Waals surface area contributed by atoms with Gasteiger partial charge in [-0.3, -0.25) is 4.79 Å². The lowest BCUT2D eigenvalue weighted by Crippen LogP contribution is -2.50. The summed E-state index contributed by atoms with van der Waals surface area (Å²) in [5.74, 6) is 5.86. The minimum Gasteiger partial charge on any atom is -0.495 e. The number of hydrogen-bond acceptors (Lipinski definition) is 3. The van der Waals surface area contributed by atoms with Crippen LogP contribution in [0.25, 0.3) is 0 Å². The van der Waals surface area contributed by atoms with Crippen LogP contribution >= 0.6 is 0 Å². The summed E-state index contributed by atoms with van der Waals surface area (Å²) in [4.78, 5) is 12.2. The zero-order valence-electron chi connectivity index (χ0n) is 11.8. The summed E-state index contributed by atoms with van der Waals surface area (Å²) in [5.41, 5.74) is 1.09. The van der Waals surface area contributed by atoms with E-state index >= 15 is 0 Å². The topological polar surface area (TPSA) is 58.6 Å². The highest BCUT2D eigenvalue weighted by Crippen LogP contribution is 2.31. The number of carbonyl (C=O) groups is 1. The van der Waals surface area contributed by atoms with Crippen molar-refractivity contribution in [3.8, 4) is 17.6 Å². The Balaban J connectivity index is 2.21. The summed E-state index contributed by atoms with van der Waals surface area (Å²) in [7, 11) is 1.55. The second-order valence-corrected chi connectivity index (χ2v) is 5.24. The molecule has 2 N–H and O–H groups in total. The number of aliphatic hydroxyl groups excluding tert-OH is 1. The maximum Gasteiger partial charge on any atom is 0.251 e. The summed E-state index contributed by atoms with van der Waals surface area (Å²) in [5, 5.41) is 11.8. The van der Waals surface area contributed by atoms with Crippen molar-refractivity contribution in [3.05, 3.63) is 29.3 Å². The van der Waals surface area contributed by atoms with Crippen molar-refractivity contribution >= 4 is 5.91 Å². The molecule has 0 aromatic heterocycles. The van der Waals surface area contributed by atoms with Crippen molar-refractivity contribution in [1.29, 1.82) is 0 Å². The molecule has 0 bridgehead atoms. The Bertz CT molecular complexity index is 565. The Morgan fingerprint density at radius 3 is 2.80 bits per heavy atom. The highest BCUT2D eigenvalue weighted by Gasteiger charge is 2.33. The van der Waals surface area contributed by atoms with Gasteiger partial charge in [0.25, 0.3) is 5.91 Å². The van der Waals surface area contributed by atoms with Crippen LogP contribution in [-0.2, 0) is 0 Å². The number of rotatable bonds is 3. The zero-order chi connectivity index (χ0) is 14.6. The first-order valence-electron chi connectivity index (χ1n) is 6.68. The predicted octanol–water partition coefficient (Wildman–Crippen LogP) is 1.71. The highest BCUT2D eigenvalue weighted by atomic mass is 16.5. The monoisotopic (exact) mass is 273 g/mol. The molecule has 1 aromatic carbocycles. The first-order chi connectivity index (χ1) is 9.58. The number of carbonyl (C=O) groups excluding carboxylic acids is 1. The molecular weight excluding hydrogens is 254 g/mol. The standard InChI is InChI=1S/C16H19NO3/c1-16(8-4-9-16)17-15(19)13-6-7-14(20-2)12(11-13)5-3-10-18/h6-7,11,18H,4,8-10H2,1-2H3,(H,17,19). The van der Waals surface area contributed by atoms with Gasteiger partial charge in [-0.1, -0.05) is 11.8 Å². The summed E-state index contributed by atoms with van der Waals surface area (Å²) in [6.45, 7) is 1.84. The van der Waals surface area contributed by atoms with Crippen LogP contribution in [0.5, 0.6) is 5.75 Å². The second kappa shape index (κ2) is 5.98. The molecule has 0 unspecified atom stereocenters. The minimum absolute atomic E-state index is 0.0754. The van der Waals surface area contributed by atoms with Gasteiger partial charge in [-0.05, 0) is 44.4 Å². The fourth-order valence-corrected chi connectivity index (χ4v) is 2.26. The van der Waals surface area contributed by atoms with E-state index in [2.05, 4.69) is 24.1 Å². The van der Waals surface area contributed by atoms with Crippen LogP contribution in [0.1, 0.15) is 42.1 Å². The Morgan fingerprint density at radius 1 is 1.50 bits per heavy atom. The fraction of sp³-hybridized carbons (Fsp3) is 0.438. The molecule has 20 heavy (non-hydrogen) atoms. The predicted molar refractivity (Wildman–Crippen MR) is 76.7 cm³/mol. The Kier molecular flexibility index (Phi) is 4.31. The molecule has 1 aromatic rings. The van der Waals surface area contributed by atoms with Gasteiger partial charge in [0.2, 0.25) is 0 Å². The number of ether oxygens (including phenoxy) is 1. The molecule has 2 rings (SSSR count). The quantitative estimate of drug-likeness (QED) is 0.824. The van der Waals surface area contributed by atoms with Crippen LogP contribution in [0.2, 0.25) is 0 Å². The first kappa shape index (κ1) is 14.4. The van der Waals surface area contributed by atoms with Crippen molar-refractivity contribution < 1.29 is 14.6 Å². The lowest BCUT2D eigenvalue weighted by Gasteiger charge is -2.39. The van der Waals surface area contributed by atoms with E-state index in [1.807, 2.05) is 0 Å². The van der Waals surface area contributed by atoms with Gasteiger partial charge >= 0.3 is 0 Å². The Hall–Kier alpha value is -1.99. The van der Waals surface area contributed by atoms with Crippen LogP contribution in [0.4, 0.5) is 0 Å². The molecule has 0 aliphatic heterocycles. The normalized spacial score (nSPS) is 15.6. The maximum atomic E-state index is 12.2. The third-order valence-electron chi connectivity index (χ3n) is 3.64. The van der Waals surface area contributed by atoms with Gasteiger partial charge in [0.05, 0.1) is 12.7 Å². The van der Waals surface area contributed by atoms with Crippen LogP contribution < -0.4 is 10.1 Å². The average molecular weight is 273 g/mol. The van der Waals surface area contributed by atoms with E-state index in [0.29, 0.717) is 16.9 Å². The van der Waals surface area contributed by atoms with Crippen LogP contribution in [0.3, 0.4) is 0 Å².